The van der Waals surface area contributed by atoms with Gasteiger partial charge in [-0.3, -0.25) is 0 Å². The van der Waals surface area contributed by atoms with Crippen LogP contribution in [-0.4, -0.2) is 43.1 Å². The Kier molecular flexibility index (Phi) is 4.12. The van der Waals surface area contributed by atoms with Crippen LogP contribution in [0.2, 0.25) is 0 Å². The van der Waals surface area contributed by atoms with Crippen molar-refractivity contribution in [1.82, 2.24) is 9.88 Å². The normalized spacial score (nSPS) is 21.0. The summed E-state index contributed by atoms with van der Waals surface area (Å²) in [5.74, 6) is 0.988. The van der Waals surface area contributed by atoms with E-state index in [-0.39, 0.29) is 0 Å². The van der Waals surface area contributed by atoms with Crippen molar-refractivity contribution in [2.75, 3.05) is 37.8 Å². The highest BCUT2D eigenvalue weighted by Crippen LogP contribution is 2.31. The van der Waals surface area contributed by atoms with E-state index in [9.17, 15) is 0 Å². The van der Waals surface area contributed by atoms with Crippen LogP contribution in [0.1, 0.15) is 18.4 Å². The van der Waals surface area contributed by atoms with Crippen molar-refractivity contribution in [3.8, 4) is 0 Å². The van der Waals surface area contributed by atoms with Crippen molar-refractivity contribution in [1.29, 1.82) is 0 Å². The lowest BCUT2D eigenvalue weighted by atomic mass is 10.0. The third-order valence-electron chi connectivity index (χ3n) is 3.77. The highest BCUT2D eigenvalue weighted by molar-refractivity contribution is 9.10. The minimum atomic E-state index is 0.524. The number of hydrogen-bond acceptors (Lipinski definition) is 4. The van der Waals surface area contributed by atoms with E-state index >= 15 is 0 Å². The average molecular weight is 313 g/mol. The highest BCUT2D eigenvalue weighted by Gasteiger charge is 2.23. The molecule has 0 saturated carbocycles. The van der Waals surface area contributed by atoms with Gasteiger partial charge in [-0.1, -0.05) is 0 Å². The number of likely N-dealkylation sites (N-methyl/N-ethyl adjacent to an activating group) is 2. The van der Waals surface area contributed by atoms with Crippen molar-refractivity contribution < 1.29 is 0 Å². The van der Waals surface area contributed by atoms with Crippen LogP contribution in [-0.2, 0) is 0 Å². The molecule has 18 heavy (non-hydrogen) atoms. The molecule has 5 heteroatoms. The second kappa shape index (κ2) is 5.45. The molecular weight excluding hydrogens is 292 g/mol. The number of anilines is 2. The van der Waals surface area contributed by atoms with Crippen LogP contribution in [0, 0.1) is 6.92 Å². The number of hydrogen-bond donors (Lipinski definition) is 1. The zero-order valence-corrected chi connectivity index (χ0v) is 12.9. The first kappa shape index (κ1) is 13.6. The number of nitrogen functional groups attached to an aromatic ring is 1. The summed E-state index contributed by atoms with van der Waals surface area (Å²) in [5, 5.41) is 0. The summed E-state index contributed by atoms with van der Waals surface area (Å²) in [6, 6.07) is 0.524. The molecular formula is C13H21BrN4. The fourth-order valence-corrected chi connectivity index (χ4v) is 3.06. The lowest BCUT2D eigenvalue weighted by Crippen LogP contribution is -2.45. The predicted molar refractivity (Wildman–Crippen MR) is 80.0 cm³/mol. The molecule has 1 fully saturated rings. The molecule has 4 nitrogen and oxygen atoms in total. The first-order chi connectivity index (χ1) is 8.50. The van der Waals surface area contributed by atoms with Crippen LogP contribution in [0.5, 0.6) is 0 Å². The lowest BCUT2D eigenvalue weighted by Gasteiger charge is -2.37. The number of rotatable bonds is 2. The SMILES string of the molecule is Cc1c(N)cnc(N(C)C2CCCN(C)C2)c1Br. The van der Waals surface area contributed by atoms with Crippen LogP contribution in [0.4, 0.5) is 11.5 Å². The van der Waals surface area contributed by atoms with Crippen molar-refractivity contribution in [3.63, 3.8) is 0 Å². The molecule has 0 bridgehead atoms. The molecule has 0 aromatic carbocycles. The smallest absolute Gasteiger partial charge is 0.143 e. The summed E-state index contributed by atoms with van der Waals surface area (Å²) in [5.41, 5.74) is 7.67. The minimum absolute atomic E-state index is 0.524. The third-order valence-corrected chi connectivity index (χ3v) is 4.72. The first-order valence-electron chi connectivity index (χ1n) is 6.32. The second-order valence-corrected chi connectivity index (χ2v) is 5.94. The highest BCUT2D eigenvalue weighted by atomic mass is 79.9. The Morgan fingerprint density at radius 3 is 2.94 bits per heavy atom. The second-order valence-electron chi connectivity index (χ2n) is 5.15. The quantitative estimate of drug-likeness (QED) is 0.910. The van der Waals surface area contributed by atoms with E-state index in [1.807, 2.05) is 6.92 Å². The molecule has 1 aliphatic heterocycles. The van der Waals surface area contributed by atoms with Crippen LogP contribution in [0.25, 0.3) is 0 Å². The number of likely N-dealkylation sites (tertiary alicyclic amines) is 1. The zero-order valence-electron chi connectivity index (χ0n) is 11.3. The van der Waals surface area contributed by atoms with Crippen molar-refractivity contribution >= 4 is 27.4 Å². The predicted octanol–water partition coefficient (Wildman–Crippen LogP) is 2.27. The van der Waals surface area contributed by atoms with Gasteiger partial charge in [0, 0.05) is 19.6 Å². The Hall–Kier alpha value is -0.810. The summed E-state index contributed by atoms with van der Waals surface area (Å²) < 4.78 is 1.01. The van der Waals surface area contributed by atoms with Crippen LogP contribution < -0.4 is 10.6 Å². The fraction of sp³-hybridized carbons (Fsp3) is 0.615. The third kappa shape index (κ3) is 2.62. The van der Waals surface area contributed by atoms with Gasteiger partial charge >= 0.3 is 0 Å². The molecule has 2 rings (SSSR count). The number of pyridine rings is 1. The number of halogens is 1. The fourth-order valence-electron chi connectivity index (χ4n) is 2.45. The molecule has 1 aromatic rings. The molecule has 1 unspecified atom stereocenters. The molecule has 100 valence electrons. The van der Waals surface area contributed by atoms with E-state index in [4.69, 9.17) is 5.73 Å². The molecule has 1 aliphatic rings. The average Bonchev–Trinajstić information content (AvgIpc) is 2.35. The van der Waals surface area contributed by atoms with E-state index in [0.717, 1.165) is 28.1 Å². The minimum Gasteiger partial charge on any atom is -0.397 e. The molecule has 0 aliphatic carbocycles. The van der Waals surface area contributed by atoms with Gasteiger partial charge in [0.25, 0.3) is 0 Å². The maximum Gasteiger partial charge on any atom is 0.143 e. The van der Waals surface area contributed by atoms with E-state index in [0.29, 0.717) is 6.04 Å². The van der Waals surface area contributed by atoms with Gasteiger partial charge in [-0.25, -0.2) is 4.98 Å². The van der Waals surface area contributed by atoms with Crippen LogP contribution in [0.15, 0.2) is 10.7 Å². The lowest BCUT2D eigenvalue weighted by molar-refractivity contribution is 0.247. The maximum atomic E-state index is 5.87. The molecule has 2 heterocycles. The van der Waals surface area contributed by atoms with E-state index < -0.39 is 0 Å². The van der Waals surface area contributed by atoms with Gasteiger partial charge in [-0.2, -0.15) is 0 Å². The summed E-state index contributed by atoms with van der Waals surface area (Å²) in [7, 11) is 4.29. The number of nitrogens with two attached hydrogens (primary N) is 1. The first-order valence-corrected chi connectivity index (χ1v) is 7.12. The van der Waals surface area contributed by atoms with E-state index in [1.165, 1.54) is 19.4 Å². The molecule has 0 amide bonds. The maximum absolute atomic E-state index is 5.87. The Morgan fingerprint density at radius 1 is 1.56 bits per heavy atom. The molecule has 0 radical (unpaired) electrons. The number of piperidine rings is 1. The summed E-state index contributed by atoms with van der Waals surface area (Å²) in [4.78, 5) is 9.12. The Balaban J connectivity index is 2.23. The van der Waals surface area contributed by atoms with Crippen LogP contribution in [0.3, 0.4) is 0 Å². The van der Waals surface area contributed by atoms with E-state index in [2.05, 4.69) is 44.8 Å². The summed E-state index contributed by atoms with van der Waals surface area (Å²) >= 11 is 3.62. The Morgan fingerprint density at radius 2 is 2.28 bits per heavy atom. The summed E-state index contributed by atoms with van der Waals surface area (Å²) in [6.07, 6.45) is 4.22. The van der Waals surface area contributed by atoms with E-state index in [1.54, 1.807) is 6.20 Å². The monoisotopic (exact) mass is 312 g/mol. The summed E-state index contributed by atoms with van der Waals surface area (Å²) in [6.45, 7) is 4.30. The Labute approximate surface area is 117 Å². The molecule has 1 aromatic heterocycles. The van der Waals surface area contributed by atoms with Crippen molar-refractivity contribution in [2.45, 2.75) is 25.8 Å². The van der Waals surface area contributed by atoms with Crippen molar-refractivity contribution in [3.05, 3.63) is 16.2 Å². The zero-order chi connectivity index (χ0) is 13.3. The largest absolute Gasteiger partial charge is 0.397 e. The number of aromatic nitrogens is 1. The molecule has 1 saturated heterocycles. The van der Waals surface area contributed by atoms with Gasteiger partial charge in [0.15, 0.2) is 0 Å². The van der Waals surface area contributed by atoms with Gasteiger partial charge in [0.1, 0.15) is 5.82 Å². The van der Waals surface area contributed by atoms with Gasteiger partial charge in [0.05, 0.1) is 16.4 Å². The van der Waals surface area contributed by atoms with Gasteiger partial charge in [-0.15, -0.1) is 0 Å². The van der Waals surface area contributed by atoms with Crippen LogP contribution >= 0.6 is 15.9 Å². The topological polar surface area (TPSA) is 45.4 Å². The molecule has 0 spiro atoms. The number of nitrogens with zero attached hydrogens (tertiary/aromatic N) is 3. The molecule has 1 atom stereocenters. The van der Waals surface area contributed by atoms with Crippen molar-refractivity contribution in [2.24, 2.45) is 0 Å². The molecule has 2 N–H and O–H groups in total. The standard InChI is InChI=1S/C13H21BrN4/c1-9-11(15)7-16-13(12(9)14)18(3)10-5-4-6-17(2)8-10/h7,10H,4-6,8,15H2,1-3H3. The van der Waals surface area contributed by atoms with Gasteiger partial charge < -0.3 is 15.5 Å². The van der Waals surface area contributed by atoms with Gasteiger partial charge in [0.2, 0.25) is 0 Å². The van der Waals surface area contributed by atoms with Gasteiger partial charge in [-0.05, 0) is 54.9 Å². The Bertz CT molecular complexity index is 435.